The fraction of sp³-hybridized carbons (Fsp3) is 0.412. The number of thiophene rings is 1. The average molecular weight is 390 g/mol. The lowest BCUT2D eigenvalue weighted by molar-refractivity contribution is -0.142. The second-order valence-electron chi connectivity index (χ2n) is 6.64. The van der Waals surface area contributed by atoms with Gasteiger partial charge in [-0.2, -0.15) is 11.3 Å². The van der Waals surface area contributed by atoms with Crippen LogP contribution in [0.25, 0.3) is 0 Å². The van der Waals surface area contributed by atoms with Crippen LogP contribution in [0.2, 0.25) is 0 Å². The molecule has 1 spiro atoms. The number of thiazole rings is 1. The third kappa shape index (κ3) is 2.80. The number of anilines is 1. The highest BCUT2D eigenvalue weighted by Gasteiger charge is 2.51. The number of amides is 3. The van der Waals surface area contributed by atoms with Crippen LogP contribution in [0.5, 0.6) is 0 Å². The molecule has 2 fully saturated rings. The minimum absolute atomic E-state index is 0.0455. The second kappa shape index (κ2) is 6.48. The summed E-state index contributed by atoms with van der Waals surface area (Å²) >= 11 is 2.91. The van der Waals surface area contributed by atoms with E-state index in [9.17, 15) is 14.4 Å². The summed E-state index contributed by atoms with van der Waals surface area (Å²) in [6, 6.07) is 1.91. The van der Waals surface area contributed by atoms with E-state index in [1.54, 1.807) is 25.6 Å². The maximum Gasteiger partial charge on any atom is 0.273 e. The molecule has 4 heterocycles. The number of aromatic nitrogens is 1. The molecule has 2 aromatic heterocycles. The van der Waals surface area contributed by atoms with Crippen molar-refractivity contribution in [3.8, 4) is 0 Å². The Bertz CT molecular complexity index is 836. The first-order valence-corrected chi connectivity index (χ1v) is 10.2. The van der Waals surface area contributed by atoms with Crippen molar-refractivity contribution in [1.82, 2.24) is 14.8 Å². The zero-order chi connectivity index (χ0) is 18.3. The molecule has 1 unspecified atom stereocenters. The highest BCUT2D eigenvalue weighted by Crippen LogP contribution is 2.35. The Hall–Kier alpha value is -2.26. The van der Waals surface area contributed by atoms with E-state index >= 15 is 0 Å². The monoisotopic (exact) mass is 390 g/mol. The van der Waals surface area contributed by atoms with Gasteiger partial charge in [-0.15, -0.1) is 11.3 Å². The van der Waals surface area contributed by atoms with E-state index in [4.69, 9.17) is 0 Å². The summed E-state index contributed by atoms with van der Waals surface area (Å²) in [5.74, 6) is -0.342. The van der Waals surface area contributed by atoms with Gasteiger partial charge in [-0.05, 0) is 17.9 Å². The minimum Gasteiger partial charge on any atom is -0.335 e. The maximum atomic E-state index is 12.7. The standard InChI is InChI=1S/C17H18N4O3S2/c1-12(22)21-6-15(23)20(13-2-5-25-7-13)10-17(21)3-4-19(9-17)16(24)14-8-26-11-18-14/h2,5,7-8,11H,3-4,6,9-10H2,1H3. The number of carbonyl (C=O) groups excluding carboxylic acids is 3. The second-order valence-corrected chi connectivity index (χ2v) is 8.14. The number of hydrogen-bond donors (Lipinski definition) is 0. The van der Waals surface area contributed by atoms with Gasteiger partial charge in [0.15, 0.2) is 0 Å². The first kappa shape index (κ1) is 17.2. The van der Waals surface area contributed by atoms with Crippen molar-refractivity contribution >= 4 is 46.1 Å². The lowest BCUT2D eigenvalue weighted by Gasteiger charge is -2.47. The van der Waals surface area contributed by atoms with Crippen molar-refractivity contribution in [1.29, 1.82) is 0 Å². The van der Waals surface area contributed by atoms with Crippen LogP contribution in [-0.2, 0) is 9.59 Å². The quantitative estimate of drug-likeness (QED) is 0.782. The molecule has 0 N–H and O–H groups in total. The van der Waals surface area contributed by atoms with Crippen LogP contribution in [0, 0.1) is 0 Å². The van der Waals surface area contributed by atoms with Gasteiger partial charge in [-0.25, -0.2) is 4.98 Å². The Morgan fingerprint density at radius 3 is 2.73 bits per heavy atom. The summed E-state index contributed by atoms with van der Waals surface area (Å²) in [6.45, 7) is 2.90. The van der Waals surface area contributed by atoms with Crippen LogP contribution in [0.15, 0.2) is 27.7 Å². The summed E-state index contributed by atoms with van der Waals surface area (Å²) in [5, 5.41) is 5.60. The molecule has 0 bridgehead atoms. The predicted molar refractivity (Wildman–Crippen MR) is 99.4 cm³/mol. The van der Waals surface area contributed by atoms with E-state index in [0.29, 0.717) is 31.7 Å². The van der Waals surface area contributed by atoms with Gasteiger partial charge in [0.1, 0.15) is 12.2 Å². The molecule has 0 saturated carbocycles. The summed E-state index contributed by atoms with van der Waals surface area (Å²) in [6.07, 6.45) is 0.649. The van der Waals surface area contributed by atoms with Crippen LogP contribution in [0.4, 0.5) is 5.69 Å². The zero-order valence-electron chi connectivity index (χ0n) is 14.3. The van der Waals surface area contributed by atoms with E-state index in [2.05, 4.69) is 4.98 Å². The van der Waals surface area contributed by atoms with Crippen molar-refractivity contribution in [2.24, 2.45) is 0 Å². The molecule has 26 heavy (non-hydrogen) atoms. The lowest BCUT2D eigenvalue weighted by Crippen LogP contribution is -2.67. The fourth-order valence-corrected chi connectivity index (χ4v) is 4.97. The summed E-state index contributed by atoms with van der Waals surface area (Å²) in [7, 11) is 0. The van der Waals surface area contributed by atoms with Gasteiger partial charge in [0.25, 0.3) is 5.91 Å². The summed E-state index contributed by atoms with van der Waals surface area (Å²) < 4.78 is 0. The predicted octanol–water partition coefficient (Wildman–Crippen LogP) is 1.68. The number of piperazine rings is 1. The Morgan fingerprint density at radius 2 is 2.08 bits per heavy atom. The van der Waals surface area contributed by atoms with Crippen molar-refractivity contribution < 1.29 is 14.4 Å². The summed E-state index contributed by atoms with van der Waals surface area (Å²) in [4.78, 5) is 46.7. The van der Waals surface area contributed by atoms with Crippen molar-refractivity contribution in [3.63, 3.8) is 0 Å². The first-order chi connectivity index (χ1) is 12.5. The largest absolute Gasteiger partial charge is 0.335 e. The molecule has 9 heteroatoms. The number of hydrogen-bond acceptors (Lipinski definition) is 6. The van der Waals surface area contributed by atoms with Crippen molar-refractivity contribution in [2.45, 2.75) is 18.9 Å². The van der Waals surface area contributed by atoms with Crippen molar-refractivity contribution in [3.05, 3.63) is 33.4 Å². The van der Waals surface area contributed by atoms with Gasteiger partial charge in [0.2, 0.25) is 11.8 Å². The topological polar surface area (TPSA) is 73.8 Å². The molecule has 2 aliphatic heterocycles. The molecule has 0 radical (unpaired) electrons. The van der Waals surface area contributed by atoms with Gasteiger partial charge in [0.05, 0.1) is 23.3 Å². The van der Waals surface area contributed by atoms with Gasteiger partial charge in [-0.1, -0.05) is 0 Å². The molecule has 4 rings (SSSR count). The van der Waals surface area contributed by atoms with E-state index in [-0.39, 0.29) is 24.3 Å². The van der Waals surface area contributed by atoms with E-state index in [1.165, 1.54) is 29.6 Å². The Morgan fingerprint density at radius 1 is 1.23 bits per heavy atom. The minimum atomic E-state index is -0.548. The van der Waals surface area contributed by atoms with Crippen LogP contribution in [-0.4, -0.2) is 64.2 Å². The van der Waals surface area contributed by atoms with Gasteiger partial charge in [-0.3, -0.25) is 14.4 Å². The van der Waals surface area contributed by atoms with Gasteiger partial charge in [0, 0.05) is 30.8 Å². The van der Waals surface area contributed by atoms with Crippen LogP contribution < -0.4 is 4.90 Å². The number of likely N-dealkylation sites (tertiary alicyclic amines) is 1. The third-order valence-corrected chi connectivity index (χ3v) is 6.35. The van der Waals surface area contributed by atoms with E-state index in [1.807, 2.05) is 16.8 Å². The lowest BCUT2D eigenvalue weighted by atomic mass is 9.92. The molecule has 3 amide bonds. The highest BCUT2D eigenvalue weighted by molar-refractivity contribution is 7.08. The van der Waals surface area contributed by atoms with Crippen LogP contribution in [0.1, 0.15) is 23.8 Å². The van der Waals surface area contributed by atoms with Crippen LogP contribution >= 0.6 is 22.7 Å². The van der Waals surface area contributed by atoms with E-state index in [0.717, 1.165) is 5.69 Å². The number of nitrogens with zero attached hydrogens (tertiary/aromatic N) is 4. The molecule has 2 aromatic rings. The molecular weight excluding hydrogens is 372 g/mol. The van der Waals surface area contributed by atoms with Gasteiger partial charge < -0.3 is 14.7 Å². The molecule has 7 nitrogen and oxygen atoms in total. The smallest absolute Gasteiger partial charge is 0.273 e. The highest BCUT2D eigenvalue weighted by atomic mass is 32.1. The van der Waals surface area contributed by atoms with Crippen LogP contribution in [0.3, 0.4) is 0 Å². The average Bonchev–Trinajstić information content (AvgIpc) is 3.38. The maximum absolute atomic E-state index is 12.7. The first-order valence-electron chi connectivity index (χ1n) is 8.28. The normalized spacial score (nSPS) is 23.1. The molecule has 0 aromatic carbocycles. The van der Waals surface area contributed by atoms with E-state index < -0.39 is 5.54 Å². The molecule has 0 aliphatic carbocycles. The Labute approximate surface area is 158 Å². The zero-order valence-corrected chi connectivity index (χ0v) is 15.9. The Balaban J connectivity index is 1.62. The Kier molecular flexibility index (Phi) is 4.28. The van der Waals surface area contributed by atoms with Gasteiger partial charge >= 0.3 is 0 Å². The third-order valence-electron chi connectivity index (χ3n) is 5.09. The molecule has 2 saturated heterocycles. The fourth-order valence-electron chi connectivity index (χ4n) is 3.81. The summed E-state index contributed by atoms with van der Waals surface area (Å²) in [5.41, 5.74) is 2.38. The SMILES string of the molecule is CC(=O)N1CC(=O)N(c2ccsc2)CC12CCN(C(=O)c1cscn1)C2. The number of rotatable bonds is 2. The molecule has 2 aliphatic rings. The molecular formula is C17H18N4O3S2. The van der Waals surface area contributed by atoms with Crippen molar-refractivity contribution in [2.75, 3.05) is 31.1 Å². The number of carbonyl (C=O) groups is 3. The molecule has 136 valence electrons. The molecule has 1 atom stereocenters.